The SMILES string of the molecule is CNNC(=O)CCCc1ccc(OC)c(C(C)C)c1. The number of rotatable bonds is 7. The molecule has 0 bridgehead atoms. The summed E-state index contributed by atoms with van der Waals surface area (Å²) in [6, 6.07) is 6.26. The molecule has 4 heteroatoms. The molecule has 0 fully saturated rings. The van der Waals surface area contributed by atoms with Gasteiger partial charge in [-0.2, -0.15) is 0 Å². The highest BCUT2D eigenvalue weighted by Gasteiger charge is 2.08. The van der Waals surface area contributed by atoms with Gasteiger partial charge in [-0.15, -0.1) is 0 Å². The first-order valence-corrected chi connectivity index (χ1v) is 6.71. The second-order valence-electron chi connectivity index (χ2n) is 4.88. The fraction of sp³-hybridized carbons (Fsp3) is 0.533. The van der Waals surface area contributed by atoms with Gasteiger partial charge in [-0.25, -0.2) is 5.43 Å². The average Bonchev–Trinajstić information content (AvgIpc) is 2.38. The zero-order valence-electron chi connectivity index (χ0n) is 12.2. The van der Waals surface area contributed by atoms with E-state index in [4.69, 9.17) is 4.74 Å². The predicted octanol–water partition coefficient (Wildman–Crippen LogP) is 2.39. The van der Waals surface area contributed by atoms with Crippen molar-refractivity contribution in [2.75, 3.05) is 14.2 Å². The molecular formula is C15H24N2O2. The number of hydrazine groups is 1. The van der Waals surface area contributed by atoms with Gasteiger partial charge in [0, 0.05) is 13.5 Å². The fourth-order valence-corrected chi connectivity index (χ4v) is 2.05. The molecule has 19 heavy (non-hydrogen) atoms. The third kappa shape index (κ3) is 4.91. The Balaban J connectivity index is 2.59. The minimum atomic E-state index is 0.0279. The summed E-state index contributed by atoms with van der Waals surface area (Å²) in [5.74, 6) is 1.40. The number of hydrogen-bond donors (Lipinski definition) is 2. The van der Waals surface area contributed by atoms with E-state index in [0.717, 1.165) is 18.6 Å². The van der Waals surface area contributed by atoms with Crippen molar-refractivity contribution in [2.45, 2.75) is 39.0 Å². The number of hydrogen-bond acceptors (Lipinski definition) is 3. The molecule has 0 saturated carbocycles. The van der Waals surface area contributed by atoms with Crippen LogP contribution in [0.5, 0.6) is 5.75 Å². The van der Waals surface area contributed by atoms with E-state index in [2.05, 4.69) is 36.8 Å². The maximum Gasteiger partial charge on any atom is 0.234 e. The number of nitrogens with one attached hydrogen (secondary N) is 2. The summed E-state index contributed by atoms with van der Waals surface area (Å²) in [6.07, 6.45) is 2.28. The Morgan fingerprint density at radius 1 is 1.37 bits per heavy atom. The van der Waals surface area contributed by atoms with Crippen molar-refractivity contribution in [2.24, 2.45) is 0 Å². The molecule has 0 aliphatic rings. The lowest BCUT2D eigenvalue weighted by Gasteiger charge is -2.13. The lowest BCUT2D eigenvalue weighted by atomic mass is 9.97. The lowest BCUT2D eigenvalue weighted by molar-refractivity contribution is -0.122. The molecule has 2 N–H and O–H groups in total. The number of carbonyl (C=O) groups is 1. The monoisotopic (exact) mass is 264 g/mol. The van der Waals surface area contributed by atoms with Crippen molar-refractivity contribution in [1.82, 2.24) is 10.9 Å². The number of amides is 1. The zero-order chi connectivity index (χ0) is 14.3. The van der Waals surface area contributed by atoms with Crippen molar-refractivity contribution >= 4 is 5.91 Å². The summed E-state index contributed by atoms with van der Waals surface area (Å²) in [4.78, 5) is 11.3. The van der Waals surface area contributed by atoms with Crippen LogP contribution in [0.2, 0.25) is 0 Å². The van der Waals surface area contributed by atoms with Crippen LogP contribution in [0.3, 0.4) is 0 Å². The van der Waals surface area contributed by atoms with E-state index in [1.165, 1.54) is 11.1 Å². The molecule has 4 nitrogen and oxygen atoms in total. The predicted molar refractivity (Wildman–Crippen MR) is 77.2 cm³/mol. The third-order valence-electron chi connectivity index (χ3n) is 3.05. The molecule has 1 aromatic rings. The molecule has 1 rings (SSSR count). The summed E-state index contributed by atoms with van der Waals surface area (Å²) in [7, 11) is 3.39. The van der Waals surface area contributed by atoms with Crippen LogP contribution < -0.4 is 15.6 Å². The second kappa shape index (κ2) is 7.79. The molecular weight excluding hydrogens is 240 g/mol. The molecule has 0 saturated heterocycles. The topological polar surface area (TPSA) is 50.4 Å². The molecule has 106 valence electrons. The Morgan fingerprint density at radius 2 is 2.11 bits per heavy atom. The molecule has 0 radical (unpaired) electrons. The highest BCUT2D eigenvalue weighted by atomic mass is 16.5. The summed E-state index contributed by atoms with van der Waals surface area (Å²) in [5, 5.41) is 0. The summed E-state index contributed by atoms with van der Waals surface area (Å²) in [5.41, 5.74) is 7.68. The van der Waals surface area contributed by atoms with E-state index in [0.29, 0.717) is 12.3 Å². The van der Waals surface area contributed by atoms with E-state index < -0.39 is 0 Å². The molecule has 0 aliphatic carbocycles. The van der Waals surface area contributed by atoms with Crippen LogP contribution in [0.4, 0.5) is 0 Å². The van der Waals surface area contributed by atoms with Gasteiger partial charge in [0.2, 0.25) is 5.91 Å². The van der Waals surface area contributed by atoms with Crippen LogP contribution in [-0.2, 0) is 11.2 Å². The van der Waals surface area contributed by atoms with Crippen molar-refractivity contribution < 1.29 is 9.53 Å². The maximum absolute atomic E-state index is 11.3. The second-order valence-corrected chi connectivity index (χ2v) is 4.88. The summed E-state index contributed by atoms with van der Waals surface area (Å²) < 4.78 is 5.36. The van der Waals surface area contributed by atoms with Crippen LogP contribution in [0.1, 0.15) is 43.7 Å². The Bertz CT molecular complexity index is 417. The zero-order valence-corrected chi connectivity index (χ0v) is 12.2. The Morgan fingerprint density at radius 3 is 2.68 bits per heavy atom. The van der Waals surface area contributed by atoms with Gasteiger partial charge in [-0.05, 0) is 36.0 Å². The Hall–Kier alpha value is -1.55. The van der Waals surface area contributed by atoms with Crippen LogP contribution in [0, 0.1) is 0 Å². The number of ether oxygens (including phenoxy) is 1. The normalized spacial score (nSPS) is 10.6. The standard InChI is InChI=1S/C15H24N2O2/c1-11(2)13-10-12(8-9-14(13)19-4)6-5-7-15(18)17-16-3/h8-11,16H,5-7H2,1-4H3,(H,17,18). The van der Waals surface area contributed by atoms with E-state index in [9.17, 15) is 4.79 Å². The first kappa shape index (κ1) is 15.5. The van der Waals surface area contributed by atoms with E-state index in [1.54, 1.807) is 14.2 Å². The molecule has 0 spiro atoms. The van der Waals surface area contributed by atoms with Gasteiger partial charge in [-0.3, -0.25) is 10.2 Å². The van der Waals surface area contributed by atoms with E-state index in [1.807, 2.05) is 6.07 Å². The highest BCUT2D eigenvalue weighted by molar-refractivity contribution is 5.75. The van der Waals surface area contributed by atoms with E-state index >= 15 is 0 Å². The first-order valence-electron chi connectivity index (χ1n) is 6.71. The Kier molecular flexibility index (Phi) is 6.36. The molecule has 1 amide bonds. The average molecular weight is 264 g/mol. The lowest BCUT2D eigenvalue weighted by Crippen LogP contribution is -2.33. The summed E-state index contributed by atoms with van der Waals surface area (Å²) >= 11 is 0. The molecule has 0 aromatic heterocycles. The number of methoxy groups -OCH3 is 1. The van der Waals surface area contributed by atoms with Crippen molar-refractivity contribution in [1.29, 1.82) is 0 Å². The van der Waals surface area contributed by atoms with Crippen molar-refractivity contribution in [3.8, 4) is 5.75 Å². The highest BCUT2D eigenvalue weighted by Crippen LogP contribution is 2.27. The molecule has 0 unspecified atom stereocenters. The van der Waals surface area contributed by atoms with Gasteiger partial charge < -0.3 is 4.74 Å². The largest absolute Gasteiger partial charge is 0.496 e. The van der Waals surface area contributed by atoms with Crippen molar-refractivity contribution in [3.63, 3.8) is 0 Å². The number of carbonyl (C=O) groups excluding carboxylic acids is 1. The summed E-state index contributed by atoms with van der Waals surface area (Å²) in [6.45, 7) is 4.31. The molecule has 0 atom stereocenters. The number of aryl methyl sites for hydroxylation is 1. The molecule has 0 heterocycles. The van der Waals surface area contributed by atoms with Gasteiger partial charge in [-0.1, -0.05) is 26.0 Å². The fourth-order valence-electron chi connectivity index (χ4n) is 2.05. The van der Waals surface area contributed by atoms with Crippen LogP contribution in [0.25, 0.3) is 0 Å². The van der Waals surface area contributed by atoms with Crippen LogP contribution in [0.15, 0.2) is 18.2 Å². The first-order chi connectivity index (χ1) is 9.08. The smallest absolute Gasteiger partial charge is 0.234 e. The van der Waals surface area contributed by atoms with Gasteiger partial charge in [0.15, 0.2) is 0 Å². The van der Waals surface area contributed by atoms with Crippen LogP contribution in [-0.4, -0.2) is 20.1 Å². The van der Waals surface area contributed by atoms with Crippen molar-refractivity contribution in [3.05, 3.63) is 29.3 Å². The van der Waals surface area contributed by atoms with Gasteiger partial charge >= 0.3 is 0 Å². The molecule has 0 aliphatic heterocycles. The maximum atomic E-state index is 11.3. The minimum absolute atomic E-state index is 0.0279. The Labute approximate surface area is 115 Å². The minimum Gasteiger partial charge on any atom is -0.496 e. The number of benzene rings is 1. The van der Waals surface area contributed by atoms with E-state index in [-0.39, 0.29) is 5.91 Å². The third-order valence-corrected chi connectivity index (χ3v) is 3.05. The van der Waals surface area contributed by atoms with Gasteiger partial charge in [0.1, 0.15) is 5.75 Å². The van der Waals surface area contributed by atoms with Gasteiger partial charge in [0.05, 0.1) is 7.11 Å². The quantitative estimate of drug-likeness (QED) is 0.743. The van der Waals surface area contributed by atoms with Gasteiger partial charge in [0.25, 0.3) is 0 Å². The van der Waals surface area contributed by atoms with Crippen LogP contribution >= 0.6 is 0 Å². The molecule has 1 aromatic carbocycles.